The van der Waals surface area contributed by atoms with E-state index in [1.165, 1.54) is 19.3 Å². The van der Waals surface area contributed by atoms with Crippen molar-refractivity contribution < 1.29 is 19.7 Å². The summed E-state index contributed by atoms with van der Waals surface area (Å²) in [6, 6.07) is 0. The van der Waals surface area contributed by atoms with Gasteiger partial charge in [-0.15, -0.1) is 0 Å². The molecular formula is C18H38N2O4. The molecule has 0 aromatic heterocycles. The Morgan fingerprint density at radius 2 is 1.62 bits per heavy atom. The van der Waals surface area contributed by atoms with Crippen molar-refractivity contribution in [2.24, 2.45) is 0 Å². The molecule has 0 radical (unpaired) electrons. The van der Waals surface area contributed by atoms with Gasteiger partial charge >= 0.3 is 0 Å². The zero-order valence-electron chi connectivity index (χ0n) is 15.5. The number of carbonyl (C=O) groups excluding carboxylic acids is 1. The Kier molecular flexibility index (Phi) is 18.1. The highest BCUT2D eigenvalue weighted by Gasteiger charge is 2.03. The lowest BCUT2D eigenvalue weighted by molar-refractivity contribution is -0.121. The van der Waals surface area contributed by atoms with Crippen molar-refractivity contribution in [3.05, 3.63) is 0 Å². The third kappa shape index (κ3) is 16.2. The Morgan fingerprint density at radius 3 is 2.29 bits per heavy atom. The van der Waals surface area contributed by atoms with Gasteiger partial charge in [0.05, 0.1) is 19.8 Å². The van der Waals surface area contributed by atoms with Gasteiger partial charge in [0.15, 0.2) is 0 Å². The van der Waals surface area contributed by atoms with Gasteiger partial charge in [-0.2, -0.15) is 0 Å². The first-order valence-electron chi connectivity index (χ1n) is 9.53. The van der Waals surface area contributed by atoms with Crippen molar-refractivity contribution in [3.63, 3.8) is 0 Å². The van der Waals surface area contributed by atoms with Crippen LogP contribution in [0.4, 0.5) is 0 Å². The number of hydrogen-bond donors (Lipinski definition) is 3. The van der Waals surface area contributed by atoms with E-state index in [0.29, 0.717) is 32.7 Å². The van der Waals surface area contributed by atoms with Crippen LogP contribution in [-0.2, 0) is 9.53 Å². The molecule has 6 nitrogen and oxygen atoms in total. The number of aliphatic hydroxyl groups excluding tert-OH is 2. The van der Waals surface area contributed by atoms with Gasteiger partial charge < -0.3 is 20.3 Å². The van der Waals surface area contributed by atoms with Crippen molar-refractivity contribution in [1.82, 2.24) is 10.2 Å². The van der Waals surface area contributed by atoms with E-state index >= 15 is 0 Å². The highest BCUT2D eigenvalue weighted by Crippen LogP contribution is 2.04. The summed E-state index contributed by atoms with van der Waals surface area (Å²) in [6.45, 7) is 6.23. The number of ether oxygens (including phenoxy) is 1. The first-order valence-corrected chi connectivity index (χ1v) is 9.53. The number of hydrogen-bond acceptors (Lipinski definition) is 5. The highest BCUT2D eigenvalue weighted by molar-refractivity contribution is 5.75. The molecule has 0 fully saturated rings. The highest BCUT2D eigenvalue weighted by atomic mass is 16.5. The second-order valence-electron chi connectivity index (χ2n) is 6.12. The van der Waals surface area contributed by atoms with Gasteiger partial charge in [-0.1, -0.05) is 32.6 Å². The van der Waals surface area contributed by atoms with E-state index < -0.39 is 0 Å². The minimum atomic E-state index is 0.0955. The molecule has 3 N–H and O–H groups in total. The van der Waals surface area contributed by atoms with Crippen molar-refractivity contribution in [2.75, 3.05) is 52.6 Å². The predicted molar refractivity (Wildman–Crippen MR) is 97.1 cm³/mol. The number of nitrogens with zero attached hydrogens (tertiary/aromatic N) is 1. The number of rotatable bonds is 18. The van der Waals surface area contributed by atoms with Crippen LogP contribution in [0.5, 0.6) is 0 Å². The van der Waals surface area contributed by atoms with Gasteiger partial charge in [-0.05, 0) is 19.3 Å². The molecule has 0 aliphatic heterocycles. The molecule has 0 saturated carbocycles. The van der Waals surface area contributed by atoms with Gasteiger partial charge in [0, 0.05) is 39.2 Å². The molecule has 0 aliphatic rings. The summed E-state index contributed by atoms with van der Waals surface area (Å²) in [5, 5.41) is 20.8. The number of unbranched alkanes of at least 4 members (excludes halogenated alkanes) is 5. The maximum Gasteiger partial charge on any atom is 0.219 e. The minimum Gasteiger partial charge on any atom is -0.395 e. The van der Waals surface area contributed by atoms with Crippen LogP contribution in [0.1, 0.15) is 58.3 Å². The first kappa shape index (κ1) is 23.3. The van der Waals surface area contributed by atoms with Crippen LogP contribution in [0.15, 0.2) is 0 Å². The maximum absolute atomic E-state index is 11.6. The summed E-state index contributed by atoms with van der Waals surface area (Å²) in [7, 11) is 0. The van der Waals surface area contributed by atoms with E-state index in [0.717, 1.165) is 38.8 Å². The van der Waals surface area contributed by atoms with E-state index in [2.05, 4.69) is 12.2 Å². The molecule has 0 heterocycles. The molecule has 0 aliphatic carbocycles. The molecule has 0 unspecified atom stereocenters. The SMILES string of the molecule is CCCCCCCC(=O)NCCCCOCCN(CCO)CCO. The predicted octanol–water partition coefficient (Wildman–Crippen LogP) is 1.55. The van der Waals surface area contributed by atoms with Gasteiger partial charge in [-0.25, -0.2) is 0 Å². The summed E-state index contributed by atoms with van der Waals surface area (Å²) < 4.78 is 5.55. The second kappa shape index (κ2) is 18.6. The summed E-state index contributed by atoms with van der Waals surface area (Å²) in [5.41, 5.74) is 0. The lowest BCUT2D eigenvalue weighted by atomic mass is 10.1. The Bertz CT molecular complexity index is 272. The monoisotopic (exact) mass is 346 g/mol. The van der Waals surface area contributed by atoms with E-state index in [-0.39, 0.29) is 19.1 Å². The molecule has 6 heteroatoms. The fraction of sp³-hybridized carbons (Fsp3) is 0.944. The average Bonchev–Trinajstić information content (AvgIpc) is 2.57. The molecule has 0 aromatic carbocycles. The number of nitrogens with one attached hydrogen (secondary N) is 1. The zero-order valence-corrected chi connectivity index (χ0v) is 15.5. The quantitative estimate of drug-likeness (QED) is 0.328. The lowest BCUT2D eigenvalue weighted by Gasteiger charge is -2.19. The van der Waals surface area contributed by atoms with Crippen molar-refractivity contribution in [3.8, 4) is 0 Å². The lowest BCUT2D eigenvalue weighted by Crippen LogP contribution is -2.33. The Hall–Kier alpha value is -0.690. The summed E-state index contributed by atoms with van der Waals surface area (Å²) in [6.07, 6.45) is 8.37. The van der Waals surface area contributed by atoms with Crippen LogP contribution in [0, 0.1) is 0 Å². The van der Waals surface area contributed by atoms with Crippen molar-refractivity contribution in [2.45, 2.75) is 58.3 Å². The van der Waals surface area contributed by atoms with E-state index in [1.807, 2.05) is 4.90 Å². The first-order chi connectivity index (χ1) is 11.7. The Morgan fingerprint density at radius 1 is 0.917 bits per heavy atom. The number of carbonyl (C=O) groups is 1. The molecule has 0 spiro atoms. The zero-order chi connectivity index (χ0) is 17.9. The fourth-order valence-corrected chi connectivity index (χ4v) is 2.45. The Labute approximate surface area is 147 Å². The smallest absolute Gasteiger partial charge is 0.219 e. The molecule has 0 bridgehead atoms. The minimum absolute atomic E-state index is 0.0955. The van der Waals surface area contributed by atoms with Crippen molar-refractivity contribution in [1.29, 1.82) is 0 Å². The molecule has 0 rings (SSSR count). The molecular weight excluding hydrogens is 308 g/mol. The molecule has 1 amide bonds. The van der Waals surface area contributed by atoms with Crippen LogP contribution in [0.25, 0.3) is 0 Å². The normalized spacial score (nSPS) is 11.2. The largest absolute Gasteiger partial charge is 0.395 e. The van der Waals surface area contributed by atoms with Gasteiger partial charge in [0.2, 0.25) is 5.91 Å². The summed E-state index contributed by atoms with van der Waals surface area (Å²) in [4.78, 5) is 13.6. The fourth-order valence-electron chi connectivity index (χ4n) is 2.45. The molecule has 0 atom stereocenters. The third-order valence-corrected chi connectivity index (χ3v) is 3.93. The average molecular weight is 347 g/mol. The maximum atomic E-state index is 11.6. The van der Waals surface area contributed by atoms with Crippen LogP contribution in [-0.4, -0.2) is 73.6 Å². The number of amides is 1. The second-order valence-corrected chi connectivity index (χ2v) is 6.12. The number of aliphatic hydroxyl groups is 2. The van der Waals surface area contributed by atoms with Crippen LogP contribution in [0.3, 0.4) is 0 Å². The Balaban J connectivity index is 3.33. The van der Waals surface area contributed by atoms with Crippen LogP contribution in [0.2, 0.25) is 0 Å². The standard InChI is InChI=1S/C18H38N2O4/c1-2-3-4-5-6-9-18(23)19-10-7-8-16-24-17-13-20(11-14-21)12-15-22/h21-22H,2-17H2,1H3,(H,19,23). The van der Waals surface area contributed by atoms with Gasteiger partial charge in [0.25, 0.3) is 0 Å². The van der Waals surface area contributed by atoms with Crippen LogP contribution < -0.4 is 5.32 Å². The topological polar surface area (TPSA) is 82.0 Å². The van der Waals surface area contributed by atoms with Crippen LogP contribution >= 0.6 is 0 Å². The van der Waals surface area contributed by atoms with Gasteiger partial charge in [0.1, 0.15) is 0 Å². The van der Waals surface area contributed by atoms with Crippen molar-refractivity contribution >= 4 is 5.91 Å². The van der Waals surface area contributed by atoms with E-state index in [4.69, 9.17) is 14.9 Å². The molecule has 144 valence electrons. The van der Waals surface area contributed by atoms with E-state index in [9.17, 15) is 4.79 Å². The van der Waals surface area contributed by atoms with Gasteiger partial charge in [-0.3, -0.25) is 9.69 Å². The summed E-state index contributed by atoms with van der Waals surface area (Å²) >= 11 is 0. The third-order valence-electron chi connectivity index (χ3n) is 3.93. The van der Waals surface area contributed by atoms with E-state index in [1.54, 1.807) is 0 Å². The molecule has 0 saturated heterocycles. The molecule has 0 aromatic rings. The summed E-state index contributed by atoms with van der Waals surface area (Å²) in [5.74, 6) is 0.163. The molecule has 24 heavy (non-hydrogen) atoms.